The summed E-state index contributed by atoms with van der Waals surface area (Å²) in [5.74, 6) is 0.873. The molecule has 2 N–H and O–H groups in total. The molecule has 1 atom stereocenters. The lowest BCUT2D eigenvalue weighted by atomic mass is 10.0. The van der Waals surface area contributed by atoms with Crippen molar-refractivity contribution in [1.82, 2.24) is 4.90 Å². The van der Waals surface area contributed by atoms with Crippen molar-refractivity contribution in [2.75, 3.05) is 26.4 Å². The van der Waals surface area contributed by atoms with Crippen LogP contribution in [-0.2, 0) is 4.79 Å². The van der Waals surface area contributed by atoms with Crippen LogP contribution in [0.1, 0.15) is 41.2 Å². The maximum absolute atomic E-state index is 12.9. The third-order valence-electron chi connectivity index (χ3n) is 5.29. The first-order valence-corrected chi connectivity index (χ1v) is 10.3. The maximum atomic E-state index is 12.9. The molecule has 0 aliphatic carbocycles. The number of ether oxygens (including phenoxy) is 3. The van der Waals surface area contributed by atoms with Crippen LogP contribution in [0.2, 0.25) is 5.02 Å². The SMILES string of the molecule is NC(=O)c1cc(Cl)ccc1OCC(=O)N1CCCC1c1ccc2c(c1)OCCCO2. The van der Waals surface area contributed by atoms with Gasteiger partial charge >= 0.3 is 0 Å². The molecular weight excluding hydrogens is 408 g/mol. The summed E-state index contributed by atoms with van der Waals surface area (Å²) in [4.78, 5) is 26.3. The number of primary amides is 1. The molecule has 30 heavy (non-hydrogen) atoms. The predicted molar refractivity (Wildman–Crippen MR) is 111 cm³/mol. The van der Waals surface area contributed by atoms with E-state index >= 15 is 0 Å². The highest BCUT2D eigenvalue weighted by molar-refractivity contribution is 6.31. The minimum Gasteiger partial charge on any atom is -0.490 e. The number of likely N-dealkylation sites (tertiary alicyclic amines) is 1. The molecule has 0 spiro atoms. The van der Waals surface area contributed by atoms with Crippen molar-refractivity contribution in [1.29, 1.82) is 0 Å². The third kappa shape index (κ3) is 4.31. The van der Waals surface area contributed by atoms with Gasteiger partial charge in [0.05, 0.1) is 24.8 Å². The molecule has 2 aliphatic heterocycles. The van der Waals surface area contributed by atoms with Crippen molar-refractivity contribution >= 4 is 23.4 Å². The van der Waals surface area contributed by atoms with E-state index in [0.717, 1.165) is 30.6 Å². The van der Waals surface area contributed by atoms with E-state index in [0.29, 0.717) is 30.5 Å². The summed E-state index contributed by atoms with van der Waals surface area (Å²) in [6, 6.07) is 10.3. The van der Waals surface area contributed by atoms with Crippen LogP contribution in [0.15, 0.2) is 36.4 Å². The van der Waals surface area contributed by atoms with E-state index < -0.39 is 5.91 Å². The minimum absolute atomic E-state index is 0.0564. The van der Waals surface area contributed by atoms with Crippen molar-refractivity contribution < 1.29 is 23.8 Å². The Labute approximate surface area is 179 Å². The normalized spacial score (nSPS) is 18.0. The molecular formula is C22H23ClN2O5. The van der Waals surface area contributed by atoms with Crippen LogP contribution < -0.4 is 19.9 Å². The van der Waals surface area contributed by atoms with Gasteiger partial charge < -0.3 is 24.8 Å². The fourth-order valence-corrected chi connectivity index (χ4v) is 4.01. The van der Waals surface area contributed by atoms with Crippen molar-refractivity contribution in [3.63, 3.8) is 0 Å². The van der Waals surface area contributed by atoms with Crippen molar-refractivity contribution in [3.05, 3.63) is 52.5 Å². The van der Waals surface area contributed by atoms with E-state index in [2.05, 4.69) is 0 Å². The van der Waals surface area contributed by atoms with Crippen molar-refractivity contribution in [2.24, 2.45) is 5.73 Å². The van der Waals surface area contributed by atoms with Crippen LogP contribution >= 0.6 is 11.6 Å². The summed E-state index contributed by atoms with van der Waals surface area (Å²) in [7, 11) is 0. The van der Waals surface area contributed by atoms with Crippen LogP contribution in [0.25, 0.3) is 0 Å². The van der Waals surface area contributed by atoms with Gasteiger partial charge in [-0.05, 0) is 48.7 Å². The smallest absolute Gasteiger partial charge is 0.261 e. The molecule has 7 nitrogen and oxygen atoms in total. The number of nitrogens with zero attached hydrogens (tertiary/aromatic N) is 1. The largest absolute Gasteiger partial charge is 0.490 e. The number of amides is 2. The first-order chi connectivity index (χ1) is 14.5. The Morgan fingerprint density at radius 3 is 2.70 bits per heavy atom. The first kappa shape index (κ1) is 20.3. The van der Waals surface area contributed by atoms with E-state index in [1.807, 2.05) is 18.2 Å². The van der Waals surface area contributed by atoms with Gasteiger partial charge in [-0.2, -0.15) is 0 Å². The lowest BCUT2D eigenvalue weighted by molar-refractivity contribution is -0.134. The number of nitrogens with two attached hydrogens (primary N) is 1. The Balaban J connectivity index is 1.47. The monoisotopic (exact) mass is 430 g/mol. The van der Waals surface area contributed by atoms with Crippen LogP contribution in [-0.4, -0.2) is 43.1 Å². The van der Waals surface area contributed by atoms with Gasteiger partial charge in [0.1, 0.15) is 5.75 Å². The molecule has 2 aliphatic rings. The van der Waals surface area contributed by atoms with Crippen molar-refractivity contribution in [2.45, 2.75) is 25.3 Å². The quantitative estimate of drug-likeness (QED) is 0.785. The zero-order valence-electron chi connectivity index (χ0n) is 16.4. The van der Waals surface area contributed by atoms with E-state index in [9.17, 15) is 9.59 Å². The summed E-state index contributed by atoms with van der Waals surface area (Å²) in [5, 5.41) is 0.372. The number of hydrogen-bond donors (Lipinski definition) is 1. The lowest BCUT2D eigenvalue weighted by Gasteiger charge is -2.26. The predicted octanol–water partition coefficient (Wildman–Crippen LogP) is 3.34. The van der Waals surface area contributed by atoms with Crippen LogP contribution in [0.3, 0.4) is 0 Å². The molecule has 2 aromatic carbocycles. The fourth-order valence-electron chi connectivity index (χ4n) is 3.84. The molecule has 0 aromatic heterocycles. The lowest BCUT2D eigenvalue weighted by Crippen LogP contribution is -2.34. The van der Waals surface area contributed by atoms with E-state index in [1.54, 1.807) is 17.0 Å². The molecule has 2 heterocycles. The van der Waals surface area contributed by atoms with Gasteiger partial charge in [0.25, 0.3) is 11.8 Å². The Kier molecular flexibility index (Phi) is 5.99. The fraction of sp³-hybridized carbons (Fsp3) is 0.364. The van der Waals surface area contributed by atoms with Gasteiger partial charge in [-0.25, -0.2) is 0 Å². The van der Waals surface area contributed by atoms with Crippen LogP contribution in [0.4, 0.5) is 0 Å². The standard InChI is InChI=1S/C22H23ClN2O5/c23-15-5-7-18(16(12-15)22(24)27)30-13-21(26)25-8-1-3-17(25)14-4-6-19-20(11-14)29-10-2-9-28-19/h4-7,11-12,17H,1-3,8-10,13H2,(H2,24,27). The summed E-state index contributed by atoms with van der Waals surface area (Å²) >= 11 is 5.92. The minimum atomic E-state index is -0.661. The molecule has 158 valence electrons. The second-order valence-corrected chi connectivity index (χ2v) is 7.73. The highest BCUT2D eigenvalue weighted by Crippen LogP contribution is 2.38. The Morgan fingerprint density at radius 1 is 1.10 bits per heavy atom. The van der Waals surface area contributed by atoms with Crippen molar-refractivity contribution in [3.8, 4) is 17.2 Å². The average molecular weight is 431 g/mol. The zero-order chi connectivity index (χ0) is 21.1. The van der Waals surface area contributed by atoms with Crippen LogP contribution in [0.5, 0.6) is 17.2 Å². The number of fused-ring (bicyclic) bond motifs is 1. The maximum Gasteiger partial charge on any atom is 0.261 e. The van der Waals surface area contributed by atoms with E-state index in [1.165, 1.54) is 6.07 Å². The van der Waals surface area contributed by atoms with Gasteiger partial charge in [-0.3, -0.25) is 9.59 Å². The molecule has 8 heteroatoms. The first-order valence-electron chi connectivity index (χ1n) is 9.94. The molecule has 2 aromatic rings. The highest BCUT2D eigenvalue weighted by atomic mass is 35.5. The number of carbonyl (C=O) groups is 2. The topological polar surface area (TPSA) is 91.1 Å². The zero-order valence-corrected chi connectivity index (χ0v) is 17.2. The molecule has 1 unspecified atom stereocenters. The molecule has 2 amide bonds. The highest BCUT2D eigenvalue weighted by Gasteiger charge is 2.31. The summed E-state index contributed by atoms with van der Waals surface area (Å²) in [5.41, 5.74) is 6.54. The molecule has 4 rings (SSSR count). The number of halogens is 1. The second kappa shape index (κ2) is 8.83. The molecule has 0 bridgehead atoms. The summed E-state index contributed by atoms with van der Waals surface area (Å²) in [6.07, 6.45) is 2.60. The number of hydrogen-bond acceptors (Lipinski definition) is 5. The third-order valence-corrected chi connectivity index (χ3v) is 5.52. The average Bonchev–Trinajstić information content (AvgIpc) is 3.11. The Bertz CT molecular complexity index is 965. The summed E-state index contributed by atoms with van der Waals surface area (Å²) in [6.45, 7) is 1.70. The molecule has 0 saturated carbocycles. The molecule has 1 fully saturated rings. The van der Waals surface area contributed by atoms with E-state index in [-0.39, 0.29) is 29.9 Å². The van der Waals surface area contributed by atoms with Crippen LogP contribution in [0, 0.1) is 0 Å². The van der Waals surface area contributed by atoms with Gasteiger partial charge in [-0.1, -0.05) is 17.7 Å². The number of benzene rings is 2. The number of rotatable bonds is 5. The molecule has 0 radical (unpaired) electrons. The Morgan fingerprint density at radius 2 is 1.90 bits per heavy atom. The second-order valence-electron chi connectivity index (χ2n) is 7.30. The summed E-state index contributed by atoms with van der Waals surface area (Å²) < 4.78 is 17.1. The van der Waals surface area contributed by atoms with Gasteiger partial charge in [-0.15, -0.1) is 0 Å². The van der Waals surface area contributed by atoms with E-state index in [4.69, 9.17) is 31.5 Å². The van der Waals surface area contributed by atoms with Gasteiger partial charge in [0.2, 0.25) is 0 Å². The Hall–Kier alpha value is -2.93. The van der Waals surface area contributed by atoms with Gasteiger partial charge in [0, 0.05) is 18.0 Å². The molecule has 1 saturated heterocycles. The van der Waals surface area contributed by atoms with Gasteiger partial charge in [0.15, 0.2) is 18.1 Å². The number of carbonyl (C=O) groups excluding carboxylic acids is 2.